The highest BCUT2D eigenvalue weighted by Gasteiger charge is 2.31. The molecule has 0 fully saturated rings. The molecular weight excluding hydrogens is 464 g/mol. The van der Waals surface area contributed by atoms with E-state index < -0.39 is 25.8 Å². The highest BCUT2D eigenvalue weighted by atomic mass is 32.2. The number of fused-ring (bicyclic) bond motifs is 1. The minimum absolute atomic E-state index is 0.0300. The number of carbonyl (C=O) groups is 1. The molecule has 1 heterocycles. The predicted molar refractivity (Wildman–Crippen MR) is 125 cm³/mol. The molecule has 0 atom stereocenters. The largest absolute Gasteiger partial charge is 0.496 e. The standard InChI is InChI=1S/C23H22N2O6S2/c1-31-22-12-11-19(33(29,30)25-14-13-16-5-3-4-6-21(16)25)15-20(22)23(26)24-17-7-9-18(10-8-17)32(2,27)28/h3-12,15H,13-14H2,1-2H3,(H,24,26). The number of ether oxygens (including phenoxy) is 1. The molecule has 3 aromatic carbocycles. The summed E-state index contributed by atoms with van der Waals surface area (Å²) in [7, 11) is -5.88. The van der Waals surface area contributed by atoms with Crippen molar-refractivity contribution in [2.24, 2.45) is 0 Å². The van der Waals surface area contributed by atoms with E-state index in [1.165, 1.54) is 53.9 Å². The van der Waals surface area contributed by atoms with Crippen LogP contribution in [0.5, 0.6) is 5.75 Å². The molecule has 1 aliphatic rings. The van der Waals surface area contributed by atoms with Gasteiger partial charge in [0.05, 0.1) is 28.2 Å². The Hall–Kier alpha value is -3.37. The number of hydrogen-bond donors (Lipinski definition) is 1. The van der Waals surface area contributed by atoms with Crippen molar-refractivity contribution in [2.45, 2.75) is 16.2 Å². The third-order valence-electron chi connectivity index (χ3n) is 5.39. The van der Waals surface area contributed by atoms with Gasteiger partial charge >= 0.3 is 0 Å². The maximum atomic E-state index is 13.4. The normalized spacial score (nSPS) is 13.5. The molecule has 0 unspecified atom stereocenters. The maximum Gasteiger partial charge on any atom is 0.264 e. The molecule has 33 heavy (non-hydrogen) atoms. The first-order valence-corrected chi connectivity index (χ1v) is 13.3. The van der Waals surface area contributed by atoms with Crippen LogP contribution in [0.1, 0.15) is 15.9 Å². The number of sulfonamides is 1. The van der Waals surface area contributed by atoms with Crippen molar-refractivity contribution in [1.82, 2.24) is 0 Å². The number of para-hydroxylation sites is 1. The lowest BCUT2D eigenvalue weighted by Crippen LogP contribution is -2.29. The summed E-state index contributed by atoms with van der Waals surface area (Å²) in [5, 5.41) is 2.65. The quantitative estimate of drug-likeness (QED) is 0.573. The van der Waals surface area contributed by atoms with Crippen LogP contribution in [0, 0.1) is 0 Å². The van der Waals surface area contributed by atoms with Gasteiger partial charge in [0, 0.05) is 18.5 Å². The first-order valence-electron chi connectivity index (χ1n) is 10.0. The number of nitrogens with one attached hydrogen (secondary N) is 1. The molecule has 3 aromatic rings. The lowest BCUT2D eigenvalue weighted by Gasteiger charge is -2.20. The van der Waals surface area contributed by atoms with E-state index in [2.05, 4.69) is 5.32 Å². The second-order valence-corrected chi connectivity index (χ2v) is 11.4. The number of rotatable bonds is 6. The highest BCUT2D eigenvalue weighted by molar-refractivity contribution is 7.92. The molecule has 0 aromatic heterocycles. The Kier molecular flexibility index (Phi) is 5.89. The minimum Gasteiger partial charge on any atom is -0.496 e. The molecule has 0 spiro atoms. The fraction of sp³-hybridized carbons (Fsp3) is 0.174. The molecule has 0 aliphatic carbocycles. The zero-order valence-corrected chi connectivity index (χ0v) is 19.6. The van der Waals surface area contributed by atoms with E-state index in [1.807, 2.05) is 12.1 Å². The molecule has 4 rings (SSSR count). The predicted octanol–water partition coefficient (Wildman–Crippen LogP) is 3.10. The Labute approximate surface area is 192 Å². The number of carbonyl (C=O) groups excluding carboxylic acids is 1. The van der Waals surface area contributed by atoms with Gasteiger partial charge in [0.25, 0.3) is 15.9 Å². The van der Waals surface area contributed by atoms with Gasteiger partial charge < -0.3 is 10.1 Å². The van der Waals surface area contributed by atoms with E-state index in [9.17, 15) is 21.6 Å². The Balaban J connectivity index is 1.65. The number of anilines is 2. The van der Waals surface area contributed by atoms with Crippen molar-refractivity contribution >= 4 is 37.1 Å². The van der Waals surface area contributed by atoms with Crippen LogP contribution in [-0.2, 0) is 26.3 Å². The fourth-order valence-electron chi connectivity index (χ4n) is 3.69. The number of hydrogen-bond acceptors (Lipinski definition) is 6. The molecule has 1 N–H and O–H groups in total. The van der Waals surface area contributed by atoms with E-state index in [1.54, 1.807) is 12.1 Å². The van der Waals surface area contributed by atoms with Crippen molar-refractivity contribution < 1.29 is 26.4 Å². The topological polar surface area (TPSA) is 110 Å². The lowest BCUT2D eigenvalue weighted by atomic mass is 10.2. The van der Waals surface area contributed by atoms with E-state index in [-0.39, 0.29) is 21.1 Å². The Morgan fingerprint density at radius 1 is 0.939 bits per heavy atom. The second kappa shape index (κ2) is 8.53. The van der Waals surface area contributed by atoms with E-state index >= 15 is 0 Å². The molecule has 0 radical (unpaired) electrons. The number of nitrogens with zero attached hydrogens (tertiary/aromatic N) is 1. The van der Waals surface area contributed by atoms with Gasteiger partial charge in [-0.1, -0.05) is 18.2 Å². The Bertz CT molecular complexity index is 1430. The first-order chi connectivity index (χ1) is 15.6. The number of amides is 1. The summed E-state index contributed by atoms with van der Waals surface area (Å²) in [4.78, 5) is 13.0. The zero-order valence-electron chi connectivity index (χ0n) is 18.0. The zero-order chi connectivity index (χ0) is 23.8. The molecule has 8 nitrogen and oxygen atoms in total. The van der Waals surface area contributed by atoms with Crippen LogP contribution in [0.25, 0.3) is 0 Å². The summed E-state index contributed by atoms with van der Waals surface area (Å²) in [5.41, 5.74) is 1.98. The Morgan fingerprint density at radius 3 is 2.27 bits per heavy atom. The maximum absolute atomic E-state index is 13.4. The fourth-order valence-corrected chi connectivity index (χ4v) is 5.85. The van der Waals surface area contributed by atoms with Crippen molar-refractivity contribution in [1.29, 1.82) is 0 Å². The van der Waals surface area contributed by atoms with Crippen LogP contribution in [-0.4, -0.2) is 42.7 Å². The smallest absolute Gasteiger partial charge is 0.264 e. The molecule has 10 heteroatoms. The summed E-state index contributed by atoms with van der Waals surface area (Å²) in [5.74, 6) is -0.376. The average molecular weight is 487 g/mol. The summed E-state index contributed by atoms with van der Waals surface area (Å²) < 4.78 is 56.6. The summed E-state index contributed by atoms with van der Waals surface area (Å²) in [6.45, 7) is 0.321. The van der Waals surface area contributed by atoms with Gasteiger partial charge in [0.1, 0.15) is 5.75 Å². The molecule has 0 saturated heterocycles. The van der Waals surface area contributed by atoms with E-state index in [0.29, 0.717) is 24.3 Å². The van der Waals surface area contributed by atoms with E-state index in [4.69, 9.17) is 4.74 Å². The van der Waals surface area contributed by atoms with Crippen LogP contribution in [0.3, 0.4) is 0 Å². The number of methoxy groups -OCH3 is 1. The molecular formula is C23H22N2O6S2. The van der Waals surface area contributed by atoms with Crippen LogP contribution >= 0.6 is 0 Å². The van der Waals surface area contributed by atoms with Crippen LogP contribution < -0.4 is 14.4 Å². The molecule has 1 amide bonds. The minimum atomic E-state index is -3.90. The van der Waals surface area contributed by atoms with Gasteiger partial charge in [-0.2, -0.15) is 0 Å². The van der Waals surface area contributed by atoms with Crippen molar-refractivity contribution in [3.8, 4) is 5.75 Å². The van der Waals surface area contributed by atoms with Crippen LogP contribution in [0.4, 0.5) is 11.4 Å². The van der Waals surface area contributed by atoms with Gasteiger partial charge in [-0.05, 0) is 60.5 Å². The molecule has 0 saturated carbocycles. The average Bonchev–Trinajstić information content (AvgIpc) is 3.23. The van der Waals surface area contributed by atoms with Crippen LogP contribution in [0.15, 0.2) is 76.5 Å². The number of sulfone groups is 1. The molecule has 0 bridgehead atoms. The summed E-state index contributed by atoms with van der Waals surface area (Å²) in [6.07, 6.45) is 1.71. The van der Waals surface area contributed by atoms with Gasteiger partial charge in [-0.25, -0.2) is 16.8 Å². The SMILES string of the molecule is COc1ccc(S(=O)(=O)N2CCc3ccccc32)cc1C(=O)Nc1ccc(S(C)(=O)=O)cc1. The van der Waals surface area contributed by atoms with E-state index in [0.717, 1.165) is 11.8 Å². The van der Waals surface area contributed by atoms with Gasteiger partial charge in [0.2, 0.25) is 0 Å². The number of benzene rings is 3. The summed E-state index contributed by atoms with van der Waals surface area (Å²) >= 11 is 0. The monoisotopic (exact) mass is 486 g/mol. The highest BCUT2D eigenvalue weighted by Crippen LogP contribution is 2.34. The van der Waals surface area contributed by atoms with Crippen molar-refractivity contribution in [3.05, 3.63) is 77.9 Å². The third-order valence-corrected chi connectivity index (χ3v) is 8.33. The van der Waals surface area contributed by atoms with Gasteiger partial charge in [-0.3, -0.25) is 9.10 Å². The molecule has 1 aliphatic heterocycles. The lowest BCUT2D eigenvalue weighted by molar-refractivity contribution is 0.102. The second-order valence-electron chi connectivity index (χ2n) is 7.57. The first kappa shape index (κ1) is 22.8. The van der Waals surface area contributed by atoms with Crippen molar-refractivity contribution in [3.63, 3.8) is 0 Å². The third kappa shape index (κ3) is 4.44. The Morgan fingerprint density at radius 2 is 1.61 bits per heavy atom. The molecule has 172 valence electrons. The van der Waals surface area contributed by atoms with Crippen LogP contribution in [0.2, 0.25) is 0 Å². The summed E-state index contributed by atoms with van der Waals surface area (Å²) in [6, 6.07) is 17.1. The van der Waals surface area contributed by atoms with Gasteiger partial charge in [0.15, 0.2) is 9.84 Å². The van der Waals surface area contributed by atoms with Gasteiger partial charge in [-0.15, -0.1) is 0 Å². The van der Waals surface area contributed by atoms with Crippen molar-refractivity contribution in [2.75, 3.05) is 29.5 Å².